The average molecular weight is 473 g/mol. The second-order valence-electron chi connectivity index (χ2n) is 8.36. The number of hydrogen-bond acceptors (Lipinski definition) is 5. The summed E-state index contributed by atoms with van der Waals surface area (Å²) in [5.41, 5.74) is 2.63. The Hall–Kier alpha value is -3.46. The molecule has 2 aliphatic heterocycles. The molecule has 6 nitrogen and oxygen atoms in total. The summed E-state index contributed by atoms with van der Waals surface area (Å²) in [6, 6.07) is 11.2. The molecule has 33 heavy (non-hydrogen) atoms. The quantitative estimate of drug-likeness (QED) is 0.385. The van der Waals surface area contributed by atoms with Gasteiger partial charge in [0.25, 0.3) is 0 Å². The van der Waals surface area contributed by atoms with E-state index in [0.717, 1.165) is 23.1 Å². The lowest BCUT2D eigenvalue weighted by atomic mass is 9.93. The highest BCUT2D eigenvalue weighted by atomic mass is 32.2. The smallest absolute Gasteiger partial charge is 0.176 e. The molecular weight excluding hydrogens is 450 g/mol. The molecule has 0 amide bonds. The van der Waals surface area contributed by atoms with Gasteiger partial charge in [-0.3, -0.25) is 0 Å². The van der Waals surface area contributed by atoms with Crippen LogP contribution in [0.2, 0.25) is 0 Å². The van der Waals surface area contributed by atoms with Gasteiger partial charge in [0.2, 0.25) is 0 Å². The average Bonchev–Trinajstić information content (AvgIpc) is 3.22. The lowest BCUT2D eigenvalue weighted by Gasteiger charge is -2.25. The number of rotatable bonds is 5. The topological polar surface area (TPSA) is 81.4 Å². The Balaban J connectivity index is 1.97. The third kappa shape index (κ3) is 3.93. The molecule has 9 heteroatoms. The zero-order valence-electron chi connectivity index (χ0n) is 18.4. The molecule has 0 radical (unpaired) electrons. The number of pyridine rings is 1. The van der Waals surface area contributed by atoms with E-state index in [1.807, 2.05) is 0 Å². The summed E-state index contributed by atoms with van der Waals surface area (Å²) in [5, 5.41) is 10.3. The summed E-state index contributed by atoms with van der Waals surface area (Å²) >= 11 is 0. The Morgan fingerprint density at radius 3 is 2.33 bits per heavy atom. The van der Waals surface area contributed by atoms with E-state index < -0.39 is 26.2 Å². The molecule has 2 aliphatic rings. The molecule has 0 unspecified atom stereocenters. The summed E-state index contributed by atoms with van der Waals surface area (Å²) in [6.07, 6.45) is 2.69. The molecule has 0 spiro atoms. The second-order valence-corrected chi connectivity index (χ2v) is 10.9. The second kappa shape index (κ2) is 7.84. The normalized spacial score (nSPS) is 12.3. The van der Waals surface area contributed by atoms with Gasteiger partial charge in [-0.1, -0.05) is 6.07 Å². The first-order valence-corrected chi connectivity index (χ1v) is 11.9. The van der Waals surface area contributed by atoms with Crippen molar-refractivity contribution in [3.63, 3.8) is 0 Å². The van der Waals surface area contributed by atoms with Crippen molar-refractivity contribution in [2.24, 2.45) is 0 Å². The Morgan fingerprint density at radius 2 is 1.67 bits per heavy atom. The minimum absolute atomic E-state index is 0.186. The fraction of sp³-hybridized carbons (Fsp3) is 0.208. The first-order valence-electron chi connectivity index (χ1n) is 10.0. The summed E-state index contributed by atoms with van der Waals surface area (Å²) in [4.78, 5) is 4.19. The zero-order chi connectivity index (χ0) is 24.1. The fourth-order valence-corrected chi connectivity index (χ4v) is 4.09. The summed E-state index contributed by atoms with van der Waals surface area (Å²) in [6.45, 7) is 4.88. The van der Waals surface area contributed by atoms with E-state index in [0.29, 0.717) is 33.8 Å². The molecule has 0 saturated carbocycles. The van der Waals surface area contributed by atoms with Crippen molar-refractivity contribution in [2.75, 3.05) is 6.26 Å². The molecule has 2 aromatic rings. The van der Waals surface area contributed by atoms with Gasteiger partial charge < -0.3 is 9.94 Å². The van der Waals surface area contributed by atoms with E-state index in [2.05, 4.69) is 4.98 Å². The van der Waals surface area contributed by atoms with Crippen LogP contribution in [0.4, 0.5) is 8.78 Å². The molecule has 1 N–H and O–H groups in total. The Labute approximate surface area is 190 Å². The van der Waals surface area contributed by atoms with Crippen LogP contribution in [0.1, 0.15) is 25.1 Å². The number of nitrogens with zero attached hydrogens (tertiary/aromatic N) is 2. The lowest BCUT2D eigenvalue weighted by Crippen LogP contribution is -2.28. The maximum atomic E-state index is 14.3. The Morgan fingerprint density at radius 1 is 0.970 bits per heavy atom. The third-order valence-corrected chi connectivity index (χ3v) is 7.95. The Kier molecular flexibility index (Phi) is 5.40. The number of benzene rings is 2. The third-order valence-electron chi connectivity index (χ3n) is 5.86. The minimum Gasteiger partial charge on any atom is -0.454 e. The van der Waals surface area contributed by atoms with Crippen molar-refractivity contribution < 1.29 is 27.1 Å². The summed E-state index contributed by atoms with van der Waals surface area (Å²) in [7, 11) is -3.48. The molecule has 0 fully saturated rings. The molecule has 0 saturated heterocycles. The first-order chi connectivity index (χ1) is 15.4. The molecule has 0 aromatic heterocycles. The highest BCUT2D eigenvalue weighted by molar-refractivity contribution is 7.91. The predicted octanol–water partition coefficient (Wildman–Crippen LogP) is 5.55. The number of hydrogen-bond donors (Lipinski definition) is 1. The van der Waals surface area contributed by atoms with Crippen LogP contribution in [0.3, 0.4) is 0 Å². The van der Waals surface area contributed by atoms with Crippen LogP contribution in [0.5, 0.6) is 11.5 Å². The number of sulfone groups is 1. The van der Waals surface area contributed by atoms with Gasteiger partial charge in [-0.2, -0.15) is 4.73 Å². The van der Waals surface area contributed by atoms with Crippen LogP contribution in [0.15, 0.2) is 54.7 Å². The van der Waals surface area contributed by atoms with Crippen LogP contribution in [-0.2, 0) is 14.6 Å². The van der Waals surface area contributed by atoms with E-state index in [9.17, 15) is 22.4 Å². The molecule has 0 atom stereocenters. The van der Waals surface area contributed by atoms with Gasteiger partial charge >= 0.3 is 0 Å². The van der Waals surface area contributed by atoms with Gasteiger partial charge in [0, 0.05) is 29.6 Å². The highest BCUT2D eigenvalue weighted by Crippen LogP contribution is 2.43. The van der Waals surface area contributed by atoms with Crippen molar-refractivity contribution in [3.05, 3.63) is 77.6 Å². The van der Waals surface area contributed by atoms with Crippen LogP contribution >= 0.6 is 0 Å². The standard InChI is InChI=1S/C24H22F2N2O4S/c1-14-11-18(17-9-10-27-23(17)28(14)29)19-12-15(24(2,3)33(4,30)31)5-7-21(19)32-22-8-6-16(25)13-20(22)26/h5-13,29H,1-4H3. The number of halogens is 2. The van der Waals surface area contributed by atoms with E-state index in [4.69, 9.17) is 4.74 Å². The molecule has 4 rings (SSSR count). The van der Waals surface area contributed by atoms with Gasteiger partial charge in [0.05, 0.1) is 10.4 Å². The zero-order valence-corrected chi connectivity index (χ0v) is 19.2. The summed E-state index contributed by atoms with van der Waals surface area (Å²) in [5.74, 6) is -1.27. The van der Waals surface area contributed by atoms with Gasteiger partial charge in [-0.05, 0) is 68.3 Å². The van der Waals surface area contributed by atoms with E-state index in [1.165, 1.54) is 12.3 Å². The van der Waals surface area contributed by atoms with Gasteiger partial charge in [0.1, 0.15) is 11.6 Å². The van der Waals surface area contributed by atoms with Crippen LogP contribution < -0.4 is 4.74 Å². The highest BCUT2D eigenvalue weighted by Gasteiger charge is 2.33. The van der Waals surface area contributed by atoms with Crippen molar-refractivity contribution in [1.29, 1.82) is 0 Å². The number of aromatic nitrogens is 2. The van der Waals surface area contributed by atoms with Crippen molar-refractivity contribution in [1.82, 2.24) is 9.71 Å². The number of ether oxygens (including phenoxy) is 1. The summed E-state index contributed by atoms with van der Waals surface area (Å²) < 4.78 is 58.2. The maximum absolute atomic E-state index is 14.3. The first kappa shape index (κ1) is 22.7. The van der Waals surface area contributed by atoms with Gasteiger partial charge in [-0.25, -0.2) is 22.2 Å². The fourth-order valence-electron chi connectivity index (χ4n) is 3.54. The van der Waals surface area contributed by atoms with Crippen molar-refractivity contribution in [3.8, 4) is 34.0 Å². The maximum Gasteiger partial charge on any atom is 0.176 e. The lowest BCUT2D eigenvalue weighted by molar-refractivity contribution is 0.180. The SMILES string of the molecule is Cc1cc(-c2cc(C(C)(C)S(C)(=O)=O)ccc2Oc2ccc(F)cc2F)c2ccnc-2n1O. The predicted molar refractivity (Wildman–Crippen MR) is 121 cm³/mol. The van der Waals surface area contributed by atoms with Crippen molar-refractivity contribution >= 4 is 9.84 Å². The van der Waals surface area contributed by atoms with E-state index >= 15 is 0 Å². The molecule has 0 aliphatic carbocycles. The van der Waals surface area contributed by atoms with Gasteiger partial charge in [0.15, 0.2) is 27.2 Å². The molecule has 0 bridgehead atoms. The Bertz CT molecular complexity index is 1440. The largest absolute Gasteiger partial charge is 0.454 e. The molecule has 2 heterocycles. The minimum atomic E-state index is -3.48. The monoisotopic (exact) mass is 472 g/mol. The van der Waals surface area contributed by atoms with Crippen LogP contribution in [0, 0.1) is 18.6 Å². The van der Waals surface area contributed by atoms with Crippen LogP contribution in [-0.4, -0.2) is 29.6 Å². The number of aryl methyl sites for hydroxylation is 1. The molecule has 172 valence electrons. The molecular formula is C24H22F2N2O4S. The van der Waals surface area contributed by atoms with E-state index in [-0.39, 0.29) is 11.5 Å². The van der Waals surface area contributed by atoms with Gasteiger partial charge in [-0.15, -0.1) is 0 Å². The van der Waals surface area contributed by atoms with E-state index in [1.54, 1.807) is 51.1 Å². The van der Waals surface area contributed by atoms with Crippen molar-refractivity contribution in [2.45, 2.75) is 25.5 Å². The van der Waals surface area contributed by atoms with Crippen LogP contribution in [0.25, 0.3) is 22.5 Å². The molecule has 2 aromatic carbocycles. The number of fused-ring (bicyclic) bond motifs is 1.